The van der Waals surface area contributed by atoms with E-state index in [0.717, 1.165) is 0 Å². The summed E-state index contributed by atoms with van der Waals surface area (Å²) < 4.78 is 30.2. The van der Waals surface area contributed by atoms with E-state index < -0.39 is 10.0 Å². The molecular weight excluding hydrogens is 204 g/mol. The topological polar surface area (TPSA) is 81.4 Å². The number of nitrogens with two attached hydrogens (primary N) is 1. The lowest BCUT2D eigenvalue weighted by Gasteiger charge is -2.05. The van der Waals surface area contributed by atoms with Crippen molar-refractivity contribution in [1.82, 2.24) is 4.72 Å². The Morgan fingerprint density at radius 1 is 1.50 bits per heavy atom. The number of anilines is 1. The van der Waals surface area contributed by atoms with Crippen molar-refractivity contribution in [2.24, 2.45) is 0 Å². The van der Waals surface area contributed by atoms with E-state index in [9.17, 15) is 8.42 Å². The van der Waals surface area contributed by atoms with E-state index in [0.29, 0.717) is 23.5 Å². The van der Waals surface area contributed by atoms with Crippen molar-refractivity contribution in [1.29, 1.82) is 0 Å². The molecule has 0 unspecified atom stereocenters. The standard InChI is InChI=1S/C8H10N2O3S/c1-13-7-3-8-5(2-6(7)9)4-10-14(8,11)12/h2-3,10H,4,9H2,1H3. The van der Waals surface area contributed by atoms with Crippen LogP contribution in [0.4, 0.5) is 5.69 Å². The van der Waals surface area contributed by atoms with Gasteiger partial charge in [-0.3, -0.25) is 0 Å². The number of rotatable bonds is 1. The van der Waals surface area contributed by atoms with E-state index in [1.54, 1.807) is 6.07 Å². The van der Waals surface area contributed by atoms with Crippen LogP contribution in [0.5, 0.6) is 5.75 Å². The van der Waals surface area contributed by atoms with Gasteiger partial charge in [0.05, 0.1) is 17.7 Å². The third kappa shape index (κ3) is 1.23. The Bertz CT molecular complexity index is 482. The number of sulfonamides is 1. The SMILES string of the molecule is COc1cc2c(cc1N)CNS2(=O)=O. The first-order valence-electron chi connectivity index (χ1n) is 4.00. The molecule has 0 atom stereocenters. The highest BCUT2D eigenvalue weighted by Crippen LogP contribution is 2.31. The fourth-order valence-corrected chi connectivity index (χ4v) is 2.68. The highest BCUT2D eigenvalue weighted by molar-refractivity contribution is 7.89. The van der Waals surface area contributed by atoms with Gasteiger partial charge >= 0.3 is 0 Å². The van der Waals surface area contributed by atoms with Crippen molar-refractivity contribution >= 4 is 15.7 Å². The Morgan fingerprint density at radius 2 is 2.21 bits per heavy atom. The maximum Gasteiger partial charge on any atom is 0.241 e. The van der Waals surface area contributed by atoms with Gasteiger partial charge in [-0.15, -0.1) is 0 Å². The molecular formula is C8H10N2O3S. The van der Waals surface area contributed by atoms with E-state index in [1.807, 2.05) is 0 Å². The molecule has 6 heteroatoms. The lowest BCUT2D eigenvalue weighted by Crippen LogP contribution is -2.13. The zero-order chi connectivity index (χ0) is 10.3. The fraction of sp³-hybridized carbons (Fsp3) is 0.250. The molecule has 2 rings (SSSR count). The molecule has 0 fully saturated rings. The number of nitrogen functional groups attached to an aromatic ring is 1. The molecule has 0 saturated heterocycles. The molecule has 76 valence electrons. The van der Waals surface area contributed by atoms with Crippen LogP contribution in [-0.4, -0.2) is 15.5 Å². The van der Waals surface area contributed by atoms with Crippen LogP contribution in [0.3, 0.4) is 0 Å². The number of benzene rings is 1. The van der Waals surface area contributed by atoms with E-state index in [-0.39, 0.29) is 4.90 Å². The molecule has 0 bridgehead atoms. The van der Waals surface area contributed by atoms with Crippen molar-refractivity contribution in [2.45, 2.75) is 11.4 Å². The molecule has 1 aliphatic rings. The zero-order valence-corrected chi connectivity index (χ0v) is 8.39. The van der Waals surface area contributed by atoms with Gasteiger partial charge in [0.2, 0.25) is 10.0 Å². The largest absolute Gasteiger partial charge is 0.495 e. The summed E-state index contributed by atoms with van der Waals surface area (Å²) in [4.78, 5) is 0.253. The summed E-state index contributed by atoms with van der Waals surface area (Å²) >= 11 is 0. The highest BCUT2D eigenvalue weighted by atomic mass is 32.2. The minimum Gasteiger partial charge on any atom is -0.495 e. The van der Waals surface area contributed by atoms with E-state index in [2.05, 4.69) is 4.72 Å². The van der Waals surface area contributed by atoms with E-state index >= 15 is 0 Å². The van der Waals surface area contributed by atoms with Crippen LogP contribution in [0.25, 0.3) is 0 Å². The first kappa shape index (κ1) is 9.29. The zero-order valence-electron chi connectivity index (χ0n) is 7.57. The second-order valence-electron chi connectivity index (χ2n) is 3.03. The first-order valence-corrected chi connectivity index (χ1v) is 5.49. The van der Waals surface area contributed by atoms with Crippen LogP contribution >= 0.6 is 0 Å². The van der Waals surface area contributed by atoms with Gasteiger partial charge in [0.15, 0.2) is 0 Å². The molecule has 0 aromatic heterocycles. The molecule has 3 N–H and O–H groups in total. The van der Waals surface area contributed by atoms with Gasteiger partial charge < -0.3 is 10.5 Å². The molecule has 0 saturated carbocycles. The van der Waals surface area contributed by atoms with Crippen LogP contribution in [0.1, 0.15) is 5.56 Å². The predicted octanol–water partition coefficient (Wildman–Crippen LogP) is 0.0693. The summed E-state index contributed by atoms with van der Waals surface area (Å²) in [5.41, 5.74) is 6.78. The number of ether oxygens (including phenoxy) is 1. The quantitative estimate of drug-likeness (QED) is 0.648. The molecule has 0 aliphatic carbocycles. The molecule has 0 spiro atoms. The maximum atomic E-state index is 11.4. The Balaban J connectivity index is 2.68. The Hall–Kier alpha value is -1.27. The van der Waals surface area contributed by atoms with E-state index in [4.69, 9.17) is 10.5 Å². The normalized spacial score (nSPS) is 17.8. The summed E-state index contributed by atoms with van der Waals surface area (Å²) in [6.07, 6.45) is 0. The third-order valence-corrected chi connectivity index (χ3v) is 3.64. The van der Waals surface area contributed by atoms with Crippen LogP contribution < -0.4 is 15.2 Å². The van der Waals surface area contributed by atoms with Gasteiger partial charge in [0.25, 0.3) is 0 Å². The number of nitrogens with one attached hydrogen (secondary N) is 1. The van der Waals surface area contributed by atoms with Gasteiger partial charge in [-0.25, -0.2) is 13.1 Å². The second kappa shape index (κ2) is 2.86. The molecule has 0 radical (unpaired) electrons. The van der Waals surface area contributed by atoms with Gasteiger partial charge in [-0.1, -0.05) is 0 Å². The van der Waals surface area contributed by atoms with Crippen LogP contribution in [0.2, 0.25) is 0 Å². The average Bonchev–Trinajstić information content (AvgIpc) is 2.41. The molecule has 1 aromatic carbocycles. The fourth-order valence-electron chi connectivity index (χ4n) is 1.44. The van der Waals surface area contributed by atoms with Crippen LogP contribution in [0, 0.1) is 0 Å². The minimum absolute atomic E-state index is 0.253. The van der Waals surface area contributed by atoms with Gasteiger partial charge in [0.1, 0.15) is 5.75 Å². The van der Waals surface area contributed by atoms with Gasteiger partial charge in [-0.2, -0.15) is 0 Å². The third-order valence-electron chi connectivity index (χ3n) is 2.15. The number of hydrogen-bond donors (Lipinski definition) is 2. The maximum absolute atomic E-state index is 11.4. The van der Waals surface area contributed by atoms with Crippen molar-refractivity contribution < 1.29 is 13.2 Å². The predicted molar refractivity (Wildman–Crippen MR) is 51.4 cm³/mol. The molecule has 1 aromatic rings. The second-order valence-corrected chi connectivity index (χ2v) is 4.76. The number of methoxy groups -OCH3 is 1. The smallest absolute Gasteiger partial charge is 0.241 e. The Kier molecular flexibility index (Phi) is 1.90. The molecule has 1 heterocycles. The molecule has 5 nitrogen and oxygen atoms in total. The Labute approximate surface area is 81.9 Å². The van der Waals surface area contributed by atoms with Crippen molar-refractivity contribution in [3.05, 3.63) is 17.7 Å². The lowest BCUT2D eigenvalue weighted by molar-refractivity contribution is 0.415. The number of fused-ring (bicyclic) bond motifs is 1. The van der Waals surface area contributed by atoms with Crippen LogP contribution in [-0.2, 0) is 16.6 Å². The molecule has 0 amide bonds. The summed E-state index contributed by atoms with van der Waals surface area (Å²) in [5.74, 6) is 0.385. The summed E-state index contributed by atoms with van der Waals surface area (Å²) in [7, 11) is -1.89. The van der Waals surface area contributed by atoms with Gasteiger partial charge in [0, 0.05) is 12.6 Å². The highest BCUT2D eigenvalue weighted by Gasteiger charge is 2.26. The van der Waals surface area contributed by atoms with Crippen molar-refractivity contribution in [3.8, 4) is 5.75 Å². The monoisotopic (exact) mass is 214 g/mol. The van der Waals surface area contributed by atoms with E-state index in [1.165, 1.54) is 13.2 Å². The lowest BCUT2D eigenvalue weighted by atomic mass is 10.2. The van der Waals surface area contributed by atoms with Crippen LogP contribution in [0.15, 0.2) is 17.0 Å². The first-order chi connectivity index (χ1) is 6.54. The summed E-state index contributed by atoms with van der Waals surface area (Å²) in [6.45, 7) is 0.297. The van der Waals surface area contributed by atoms with Gasteiger partial charge in [-0.05, 0) is 11.6 Å². The summed E-state index contributed by atoms with van der Waals surface area (Å²) in [5, 5.41) is 0. The van der Waals surface area contributed by atoms with Crippen molar-refractivity contribution in [2.75, 3.05) is 12.8 Å². The molecule has 14 heavy (non-hydrogen) atoms. The van der Waals surface area contributed by atoms with Crippen molar-refractivity contribution in [3.63, 3.8) is 0 Å². The number of hydrogen-bond acceptors (Lipinski definition) is 4. The molecule has 1 aliphatic heterocycles. The minimum atomic E-state index is -3.34. The summed E-state index contributed by atoms with van der Waals surface area (Å²) in [6, 6.07) is 3.06. The average molecular weight is 214 g/mol. The Morgan fingerprint density at radius 3 is 2.86 bits per heavy atom.